The van der Waals surface area contributed by atoms with Crippen molar-refractivity contribution in [1.82, 2.24) is 29.5 Å². The highest BCUT2D eigenvalue weighted by molar-refractivity contribution is 5.77. The molecule has 4 rings (SSSR count). The second kappa shape index (κ2) is 9.86. The number of pyridine rings is 1. The summed E-state index contributed by atoms with van der Waals surface area (Å²) in [6, 6.07) is 6.04. The Morgan fingerprint density at radius 2 is 1.84 bits per heavy atom. The number of rotatable bonds is 4. The fraction of sp³-hybridized carbons (Fsp3) is 0.526. The Bertz CT molecular complexity index is 903. The van der Waals surface area contributed by atoms with Crippen LogP contribution in [0.3, 0.4) is 0 Å². The molecule has 0 aromatic carbocycles. The first-order chi connectivity index (χ1) is 14.7. The molecule has 1 saturated heterocycles. The molecule has 12 heteroatoms. The largest absolute Gasteiger partial charge is 0.490 e. The number of carbonyl (C=O) groups is 2. The minimum Gasteiger partial charge on any atom is -0.475 e. The van der Waals surface area contributed by atoms with Crippen LogP contribution in [0.4, 0.5) is 13.2 Å². The number of nitrogens with zero attached hydrogens (tertiary/aromatic N) is 6. The van der Waals surface area contributed by atoms with E-state index < -0.39 is 12.1 Å². The molecular formula is C19H23F3N6O3. The molecule has 0 unspecified atom stereocenters. The molecule has 1 fully saturated rings. The van der Waals surface area contributed by atoms with Crippen LogP contribution >= 0.6 is 0 Å². The van der Waals surface area contributed by atoms with Gasteiger partial charge in [-0.2, -0.15) is 13.2 Å². The summed E-state index contributed by atoms with van der Waals surface area (Å²) < 4.78 is 33.9. The lowest BCUT2D eigenvalue weighted by molar-refractivity contribution is -0.192. The number of likely N-dealkylation sites (tertiary alicyclic amines) is 1. The summed E-state index contributed by atoms with van der Waals surface area (Å²) in [5.74, 6) is -0.578. The predicted molar refractivity (Wildman–Crippen MR) is 102 cm³/mol. The Morgan fingerprint density at radius 1 is 1.06 bits per heavy atom. The van der Waals surface area contributed by atoms with Gasteiger partial charge in [0.25, 0.3) is 0 Å². The first-order valence-electron chi connectivity index (χ1n) is 9.85. The summed E-state index contributed by atoms with van der Waals surface area (Å²) in [4.78, 5) is 29.5. The molecule has 1 N–H and O–H groups in total. The number of aliphatic carboxylic acids is 1. The van der Waals surface area contributed by atoms with E-state index in [0.29, 0.717) is 13.0 Å². The molecule has 2 aliphatic rings. The number of amides is 1. The normalized spacial score (nSPS) is 17.0. The number of aromatic nitrogens is 4. The van der Waals surface area contributed by atoms with Crippen LogP contribution in [0.5, 0.6) is 0 Å². The molecule has 0 atom stereocenters. The van der Waals surface area contributed by atoms with Crippen molar-refractivity contribution in [2.75, 3.05) is 19.6 Å². The van der Waals surface area contributed by atoms with Gasteiger partial charge in [0.1, 0.15) is 5.82 Å². The van der Waals surface area contributed by atoms with Gasteiger partial charge in [0.2, 0.25) is 5.91 Å². The summed E-state index contributed by atoms with van der Waals surface area (Å²) in [5, 5.41) is 15.8. The number of hydrogen-bond donors (Lipinski definition) is 1. The number of fused-ring (bicyclic) bond motifs is 1. The van der Waals surface area contributed by atoms with Crippen molar-refractivity contribution in [3.8, 4) is 0 Å². The SMILES string of the molecule is O=C(O)C(F)(F)F.O=C1CCCN1Cc1nnc2n1CCN(Cc1ccccn1)CC2. The van der Waals surface area contributed by atoms with Gasteiger partial charge < -0.3 is 14.6 Å². The van der Waals surface area contributed by atoms with Gasteiger partial charge in [-0.15, -0.1) is 10.2 Å². The lowest BCUT2D eigenvalue weighted by Gasteiger charge is -2.19. The highest BCUT2D eigenvalue weighted by Gasteiger charge is 2.38. The van der Waals surface area contributed by atoms with Crippen molar-refractivity contribution in [2.24, 2.45) is 0 Å². The third kappa shape index (κ3) is 6.23. The zero-order valence-corrected chi connectivity index (χ0v) is 16.8. The lowest BCUT2D eigenvalue weighted by atomic mass is 10.3. The van der Waals surface area contributed by atoms with Gasteiger partial charge in [-0.05, 0) is 18.6 Å². The standard InChI is InChI=1S/C17H22N6O.C2HF3O2/c24-17-5-3-8-22(17)13-16-20-19-15-6-9-21(10-11-23(15)16)12-14-4-1-2-7-18-14;3-2(4,5)1(6)7/h1-2,4,7H,3,5-6,8-13H2;(H,6,7). The molecule has 0 radical (unpaired) electrons. The van der Waals surface area contributed by atoms with Crippen LogP contribution in [-0.4, -0.2) is 72.3 Å². The molecular weight excluding hydrogens is 417 g/mol. The first-order valence-corrected chi connectivity index (χ1v) is 9.85. The van der Waals surface area contributed by atoms with Crippen molar-refractivity contribution in [3.05, 3.63) is 41.7 Å². The molecule has 168 valence electrons. The van der Waals surface area contributed by atoms with Crippen molar-refractivity contribution in [1.29, 1.82) is 0 Å². The van der Waals surface area contributed by atoms with E-state index in [2.05, 4.69) is 30.7 Å². The Hall–Kier alpha value is -3.02. The number of hydrogen-bond acceptors (Lipinski definition) is 6. The number of carboxylic acid groups (broad SMARTS) is 1. The van der Waals surface area contributed by atoms with Gasteiger partial charge in [-0.3, -0.25) is 14.7 Å². The summed E-state index contributed by atoms with van der Waals surface area (Å²) in [6.07, 6.45) is -0.738. The maximum atomic E-state index is 11.8. The van der Waals surface area contributed by atoms with E-state index in [4.69, 9.17) is 9.90 Å². The number of halogens is 3. The van der Waals surface area contributed by atoms with E-state index in [1.54, 1.807) is 0 Å². The molecule has 31 heavy (non-hydrogen) atoms. The fourth-order valence-electron chi connectivity index (χ4n) is 3.46. The summed E-state index contributed by atoms with van der Waals surface area (Å²) in [7, 11) is 0. The Kier molecular flexibility index (Phi) is 7.21. The van der Waals surface area contributed by atoms with E-state index in [0.717, 1.165) is 62.9 Å². The molecule has 2 aromatic rings. The zero-order chi connectivity index (χ0) is 22.4. The number of alkyl halides is 3. The summed E-state index contributed by atoms with van der Waals surface area (Å²) >= 11 is 0. The van der Waals surface area contributed by atoms with Gasteiger partial charge in [-0.25, -0.2) is 4.79 Å². The number of carboxylic acids is 1. The minimum atomic E-state index is -5.08. The smallest absolute Gasteiger partial charge is 0.475 e. The van der Waals surface area contributed by atoms with Gasteiger partial charge in [0.05, 0.1) is 12.2 Å². The zero-order valence-electron chi connectivity index (χ0n) is 16.8. The molecule has 2 aliphatic heterocycles. The maximum Gasteiger partial charge on any atom is 0.490 e. The third-order valence-corrected chi connectivity index (χ3v) is 5.05. The van der Waals surface area contributed by atoms with E-state index in [1.165, 1.54) is 0 Å². The Balaban J connectivity index is 0.000000339. The van der Waals surface area contributed by atoms with Gasteiger partial charge >= 0.3 is 12.1 Å². The van der Waals surface area contributed by atoms with Crippen LogP contribution in [0.25, 0.3) is 0 Å². The quantitative estimate of drug-likeness (QED) is 0.768. The predicted octanol–water partition coefficient (Wildman–Crippen LogP) is 1.49. The average Bonchev–Trinajstić information content (AvgIpc) is 3.24. The molecule has 2 aromatic heterocycles. The van der Waals surface area contributed by atoms with E-state index in [9.17, 15) is 18.0 Å². The summed E-state index contributed by atoms with van der Waals surface area (Å²) in [5.41, 5.74) is 1.10. The monoisotopic (exact) mass is 440 g/mol. The van der Waals surface area contributed by atoms with Crippen LogP contribution in [-0.2, 0) is 35.6 Å². The van der Waals surface area contributed by atoms with Gasteiger partial charge in [-0.1, -0.05) is 6.07 Å². The third-order valence-electron chi connectivity index (χ3n) is 5.05. The van der Waals surface area contributed by atoms with Crippen molar-refractivity contribution in [2.45, 2.75) is 45.1 Å². The molecule has 0 spiro atoms. The Labute approximate surface area is 176 Å². The second-order valence-electron chi connectivity index (χ2n) is 7.25. The van der Waals surface area contributed by atoms with Crippen LogP contribution in [0, 0.1) is 0 Å². The Morgan fingerprint density at radius 3 is 2.45 bits per heavy atom. The van der Waals surface area contributed by atoms with Gasteiger partial charge in [0, 0.05) is 51.8 Å². The summed E-state index contributed by atoms with van der Waals surface area (Å²) in [6.45, 7) is 5.06. The van der Waals surface area contributed by atoms with Crippen LogP contribution in [0.2, 0.25) is 0 Å². The van der Waals surface area contributed by atoms with Crippen molar-refractivity contribution in [3.63, 3.8) is 0 Å². The second-order valence-corrected chi connectivity index (χ2v) is 7.25. The molecule has 9 nitrogen and oxygen atoms in total. The van der Waals surface area contributed by atoms with Crippen LogP contribution < -0.4 is 0 Å². The lowest BCUT2D eigenvalue weighted by Crippen LogP contribution is -2.28. The molecule has 4 heterocycles. The average molecular weight is 440 g/mol. The van der Waals surface area contributed by atoms with E-state index >= 15 is 0 Å². The molecule has 0 aliphatic carbocycles. The van der Waals surface area contributed by atoms with E-state index in [-0.39, 0.29) is 5.91 Å². The topological polar surface area (TPSA) is 104 Å². The van der Waals surface area contributed by atoms with Crippen LogP contribution in [0.1, 0.15) is 30.2 Å². The first kappa shape index (κ1) is 22.7. The minimum absolute atomic E-state index is 0.234. The van der Waals surface area contributed by atoms with Crippen LogP contribution in [0.15, 0.2) is 24.4 Å². The van der Waals surface area contributed by atoms with Gasteiger partial charge in [0.15, 0.2) is 5.82 Å². The van der Waals surface area contributed by atoms with Crippen molar-refractivity contribution >= 4 is 11.9 Å². The highest BCUT2D eigenvalue weighted by atomic mass is 19.4. The molecule has 1 amide bonds. The highest BCUT2D eigenvalue weighted by Crippen LogP contribution is 2.16. The maximum absolute atomic E-state index is 11.8. The van der Waals surface area contributed by atoms with Crippen molar-refractivity contribution < 1.29 is 27.9 Å². The fourth-order valence-corrected chi connectivity index (χ4v) is 3.46. The molecule has 0 bridgehead atoms. The van der Waals surface area contributed by atoms with E-state index in [1.807, 2.05) is 23.2 Å². The molecule has 0 saturated carbocycles. The number of carbonyl (C=O) groups excluding carboxylic acids is 1.